The van der Waals surface area contributed by atoms with E-state index in [9.17, 15) is 4.79 Å². The number of rotatable bonds is 2. The zero-order chi connectivity index (χ0) is 12.6. The summed E-state index contributed by atoms with van der Waals surface area (Å²) in [6, 6.07) is 5.92. The molecule has 3 N–H and O–H groups in total. The fourth-order valence-electron chi connectivity index (χ4n) is 2.15. The molecule has 1 aliphatic rings. The average Bonchev–Trinajstić information content (AvgIpc) is 2.28. The zero-order valence-electron chi connectivity index (χ0n) is 10.5. The van der Waals surface area contributed by atoms with Gasteiger partial charge in [-0.3, -0.25) is 4.79 Å². The highest BCUT2D eigenvalue weighted by Gasteiger charge is 2.29. The summed E-state index contributed by atoms with van der Waals surface area (Å²) in [6.07, 6.45) is 0. The molecule has 1 unspecified atom stereocenters. The van der Waals surface area contributed by atoms with Gasteiger partial charge in [-0.2, -0.15) is 0 Å². The number of nitrogens with zero attached hydrogens (tertiary/aromatic N) is 1. The summed E-state index contributed by atoms with van der Waals surface area (Å²) in [5.74, 6) is 0.429. The Kier molecular flexibility index (Phi) is 3.07. The normalized spacial score (nSPS) is 19.2. The van der Waals surface area contributed by atoms with Crippen LogP contribution in [0.25, 0.3) is 0 Å². The molecule has 1 aromatic rings. The molecule has 1 amide bonds. The number of hydrogen-bond donors (Lipinski definition) is 2. The van der Waals surface area contributed by atoms with Crippen LogP contribution in [0.5, 0.6) is 0 Å². The number of anilines is 2. The van der Waals surface area contributed by atoms with Gasteiger partial charge < -0.3 is 16.0 Å². The first kappa shape index (κ1) is 11.9. The number of benzene rings is 1. The highest BCUT2D eigenvalue weighted by Crippen LogP contribution is 2.33. The molecule has 0 bridgehead atoms. The van der Waals surface area contributed by atoms with Crippen LogP contribution in [-0.4, -0.2) is 25.5 Å². The Labute approximate surface area is 102 Å². The van der Waals surface area contributed by atoms with Crippen molar-refractivity contribution < 1.29 is 4.79 Å². The first-order valence-electron chi connectivity index (χ1n) is 5.92. The highest BCUT2D eigenvalue weighted by molar-refractivity contribution is 6.03. The third-order valence-electron chi connectivity index (χ3n) is 3.32. The third kappa shape index (κ3) is 2.00. The molecule has 4 nitrogen and oxygen atoms in total. The number of nitrogens with two attached hydrogens (primary N) is 1. The van der Waals surface area contributed by atoms with E-state index in [1.165, 1.54) is 5.56 Å². The summed E-state index contributed by atoms with van der Waals surface area (Å²) >= 11 is 0. The van der Waals surface area contributed by atoms with Gasteiger partial charge in [0.05, 0.1) is 11.4 Å². The maximum Gasteiger partial charge on any atom is 0.248 e. The van der Waals surface area contributed by atoms with Gasteiger partial charge in [0.15, 0.2) is 0 Å². The molecule has 92 valence electrons. The van der Waals surface area contributed by atoms with Gasteiger partial charge >= 0.3 is 0 Å². The van der Waals surface area contributed by atoms with Crippen LogP contribution in [0.3, 0.4) is 0 Å². The summed E-state index contributed by atoms with van der Waals surface area (Å²) in [5, 5.41) is 2.93. The molecular weight excluding hydrogens is 214 g/mol. The van der Waals surface area contributed by atoms with Gasteiger partial charge in [-0.1, -0.05) is 19.9 Å². The van der Waals surface area contributed by atoms with Crippen molar-refractivity contribution in [1.29, 1.82) is 0 Å². The van der Waals surface area contributed by atoms with Crippen LogP contribution in [0.4, 0.5) is 11.4 Å². The molecular formula is C13H19N3O. The predicted molar refractivity (Wildman–Crippen MR) is 70.4 cm³/mol. The summed E-state index contributed by atoms with van der Waals surface area (Å²) in [5.41, 5.74) is 8.76. The van der Waals surface area contributed by atoms with Gasteiger partial charge in [-0.15, -0.1) is 0 Å². The maximum absolute atomic E-state index is 11.8. The van der Waals surface area contributed by atoms with Crippen molar-refractivity contribution in [1.82, 2.24) is 0 Å². The minimum Gasteiger partial charge on any atom is -0.360 e. The van der Waals surface area contributed by atoms with Crippen molar-refractivity contribution in [3.8, 4) is 0 Å². The van der Waals surface area contributed by atoms with Crippen molar-refractivity contribution in [2.75, 3.05) is 23.8 Å². The summed E-state index contributed by atoms with van der Waals surface area (Å²) in [6.45, 7) is 4.60. The van der Waals surface area contributed by atoms with E-state index in [0.717, 1.165) is 11.4 Å². The van der Waals surface area contributed by atoms with Crippen LogP contribution in [0.15, 0.2) is 18.2 Å². The molecule has 1 aliphatic heterocycles. The van der Waals surface area contributed by atoms with Gasteiger partial charge in [0.2, 0.25) is 5.91 Å². The zero-order valence-corrected chi connectivity index (χ0v) is 10.5. The molecule has 0 aliphatic carbocycles. The standard InChI is InChI=1S/C13H19N3O/c1-8(2)9-4-5-11-10(6-9)15-13(17)12(7-14)16(11)3/h4-6,8,12H,7,14H2,1-3H3,(H,15,17). The molecule has 1 heterocycles. The molecule has 1 aromatic carbocycles. The number of carbonyl (C=O) groups excluding carboxylic acids is 1. The van der Waals surface area contributed by atoms with Crippen LogP contribution in [0.2, 0.25) is 0 Å². The molecule has 0 fully saturated rings. The molecule has 1 atom stereocenters. The van der Waals surface area contributed by atoms with Gasteiger partial charge in [0.1, 0.15) is 6.04 Å². The number of hydrogen-bond acceptors (Lipinski definition) is 3. The molecule has 0 saturated carbocycles. The molecule has 2 rings (SSSR count). The molecule has 0 radical (unpaired) electrons. The van der Waals surface area contributed by atoms with Crippen LogP contribution in [0.1, 0.15) is 25.3 Å². The van der Waals surface area contributed by atoms with E-state index in [1.807, 2.05) is 24.1 Å². The predicted octanol–water partition coefficient (Wildman–Crippen LogP) is 1.53. The quantitative estimate of drug-likeness (QED) is 0.814. The fourth-order valence-corrected chi connectivity index (χ4v) is 2.15. The molecule has 17 heavy (non-hydrogen) atoms. The second-order valence-corrected chi connectivity index (χ2v) is 4.78. The van der Waals surface area contributed by atoms with Gasteiger partial charge in [0, 0.05) is 13.6 Å². The van der Waals surface area contributed by atoms with E-state index in [1.54, 1.807) is 0 Å². The van der Waals surface area contributed by atoms with E-state index >= 15 is 0 Å². The summed E-state index contributed by atoms with van der Waals surface area (Å²) in [4.78, 5) is 13.8. The number of likely N-dealkylation sites (N-methyl/N-ethyl adjacent to an activating group) is 1. The lowest BCUT2D eigenvalue weighted by Gasteiger charge is -2.34. The Bertz CT molecular complexity index is 442. The van der Waals surface area contributed by atoms with E-state index in [0.29, 0.717) is 12.5 Å². The van der Waals surface area contributed by atoms with Crippen LogP contribution >= 0.6 is 0 Å². The van der Waals surface area contributed by atoms with Gasteiger partial charge in [-0.25, -0.2) is 0 Å². The Hall–Kier alpha value is -1.55. The Morgan fingerprint density at radius 3 is 2.76 bits per heavy atom. The third-order valence-corrected chi connectivity index (χ3v) is 3.32. The Morgan fingerprint density at radius 2 is 2.18 bits per heavy atom. The first-order chi connectivity index (χ1) is 8.04. The topological polar surface area (TPSA) is 58.4 Å². The van der Waals surface area contributed by atoms with E-state index in [4.69, 9.17) is 5.73 Å². The maximum atomic E-state index is 11.8. The smallest absolute Gasteiger partial charge is 0.248 e. The number of nitrogens with one attached hydrogen (secondary N) is 1. The lowest BCUT2D eigenvalue weighted by molar-refractivity contribution is -0.117. The number of fused-ring (bicyclic) bond motifs is 1. The first-order valence-corrected chi connectivity index (χ1v) is 5.92. The van der Waals surface area contributed by atoms with Crippen molar-refractivity contribution in [3.05, 3.63) is 23.8 Å². The van der Waals surface area contributed by atoms with Crippen molar-refractivity contribution in [2.45, 2.75) is 25.8 Å². The van der Waals surface area contributed by atoms with E-state index < -0.39 is 0 Å². The Balaban J connectivity index is 2.42. The van der Waals surface area contributed by atoms with Crippen LogP contribution in [0, 0.1) is 0 Å². The van der Waals surface area contributed by atoms with E-state index in [-0.39, 0.29) is 11.9 Å². The number of carbonyl (C=O) groups is 1. The largest absolute Gasteiger partial charge is 0.360 e. The van der Waals surface area contributed by atoms with Crippen LogP contribution in [-0.2, 0) is 4.79 Å². The molecule has 0 aromatic heterocycles. The molecule has 4 heteroatoms. The lowest BCUT2D eigenvalue weighted by Crippen LogP contribution is -2.50. The van der Waals surface area contributed by atoms with Crippen molar-refractivity contribution in [3.63, 3.8) is 0 Å². The van der Waals surface area contributed by atoms with Gasteiger partial charge in [-0.05, 0) is 23.6 Å². The summed E-state index contributed by atoms with van der Waals surface area (Å²) in [7, 11) is 1.91. The molecule has 0 spiro atoms. The second kappa shape index (κ2) is 4.37. The van der Waals surface area contributed by atoms with Crippen molar-refractivity contribution >= 4 is 17.3 Å². The lowest BCUT2D eigenvalue weighted by atomic mass is 10.00. The Morgan fingerprint density at radius 1 is 1.47 bits per heavy atom. The SMILES string of the molecule is CC(C)c1ccc2c(c1)NC(=O)C(CN)N2C. The highest BCUT2D eigenvalue weighted by atomic mass is 16.2. The fraction of sp³-hybridized carbons (Fsp3) is 0.462. The summed E-state index contributed by atoms with van der Waals surface area (Å²) < 4.78 is 0. The van der Waals surface area contributed by atoms with E-state index in [2.05, 4.69) is 25.2 Å². The average molecular weight is 233 g/mol. The monoisotopic (exact) mass is 233 g/mol. The second-order valence-electron chi connectivity index (χ2n) is 4.78. The minimum atomic E-state index is -0.271. The minimum absolute atomic E-state index is 0.0246. The van der Waals surface area contributed by atoms with Crippen molar-refractivity contribution in [2.24, 2.45) is 5.73 Å². The van der Waals surface area contributed by atoms with Crippen LogP contribution < -0.4 is 16.0 Å². The number of amides is 1. The van der Waals surface area contributed by atoms with Gasteiger partial charge in [0.25, 0.3) is 0 Å². The molecule has 0 saturated heterocycles.